The summed E-state index contributed by atoms with van der Waals surface area (Å²) < 4.78 is 2.20. The van der Waals surface area contributed by atoms with Crippen molar-refractivity contribution < 1.29 is 0 Å². The van der Waals surface area contributed by atoms with Gasteiger partial charge in [-0.1, -0.05) is 92.7 Å². The van der Waals surface area contributed by atoms with Crippen molar-refractivity contribution in [3.05, 3.63) is 90.5 Å². The Bertz CT molecular complexity index is 1530. The van der Waals surface area contributed by atoms with E-state index in [4.69, 9.17) is 0 Å². The van der Waals surface area contributed by atoms with Gasteiger partial charge in [-0.05, 0) is 34.7 Å². The average molecular weight is 390 g/mol. The summed E-state index contributed by atoms with van der Waals surface area (Å²) >= 11 is 0. The number of rotatable bonds is 1. The molecule has 0 N–H and O–H groups in total. The maximum Gasteiger partial charge on any atom is 0.169 e. The average Bonchev–Trinajstić information content (AvgIpc) is 3.26. The van der Waals surface area contributed by atoms with Gasteiger partial charge in [0, 0.05) is 16.3 Å². The van der Waals surface area contributed by atoms with Crippen molar-refractivity contribution in [2.75, 3.05) is 0 Å². The third-order valence-corrected chi connectivity index (χ3v) is 5.65. The molecule has 0 saturated carbocycles. The van der Waals surface area contributed by atoms with Gasteiger partial charge in [0.1, 0.15) is 0 Å². The summed E-state index contributed by atoms with van der Waals surface area (Å²) in [5.41, 5.74) is 4.40. The Morgan fingerprint density at radius 3 is 2.03 bits per heavy atom. The lowest BCUT2D eigenvalue weighted by molar-refractivity contribution is 1.12. The highest BCUT2D eigenvalue weighted by atomic mass is 15.2. The zero-order chi connectivity index (χ0) is 20.7. The molecule has 146 valence electrons. The predicted octanol–water partition coefficient (Wildman–Crippen LogP) is 7.19. The van der Waals surface area contributed by atoms with E-state index < -0.39 is 0 Å². The molecular formula is C27H23N3. The zero-order valence-corrected chi connectivity index (χ0v) is 17.4. The molecule has 0 aliphatic carbocycles. The molecule has 30 heavy (non-hydrogen) atoms. The van der Waals surface area contributed by atoms with Crippen molar-refractivity contribution in [3.8, 4) is 11.4 Å². The molecule has 0 spiro atoms. The summed E-state index contributed by atoms with van der Waals surface area (Å²) in [7, 11) is 0. The standard InChI is InChI=1S/C25H17N3.C2H6/c1-16-8-6-13-18-17(16)12-7-14-22(18)25-27-26-24-21-11-3-2-9-19(21)20-10-4-5-15-23(20)28(24)25;1-2/h2-15H,1H3;1-2H3. The predicted molar refractivity (Wildman–Crippen MR) is 127 cm³/mol. The Kier molecular flexibility index (Phi) is 4.44. The molecule has 0 amide bonds. The molecule has 4 aromatic carbocycles. The van der Waals surface area contributed by atoms with Crippen LogP contribution in [0, 0.1) is 6.92 Å². The van der Waals surface area contributed by atoms with Crippen molar-refractivity contribution >= 4 is 38.1 Å². The fraction of sp³-hybridized carbons (Fsp3) is 0.111. The number of para-hydroxylation sites is 1. The van der Waals surface area contributed by atoms with Crippen LogP contribution < -0.4 is 0 Å². The minimum Gasteiger partial charge on any atom is -0.274 e. The minimum atomic E-state index is 0.883. The van der Waals surface area contributed by atoms with Gasteiger partial charge in [0.15, 0.2) is 11.5 Å². The number of pyridine rings is 1. The number of fused-ring (bicyclic) bond motifs is 7. The van der Waals surface area contributed by atoms with Gasteiger partial charge in [0.2, 0.25) is 0 Å². The van der Waals surface area contributed by atoms with Crippen molar-refractivity contribution in [2.24, 2.45) is 0 Å². The first-order valence-corrected chi connectivity index (χ1v) is 10.5. The van der Waals surface area contributed by atoms with Crippen LogP contribution in [-0.2, 0) is 0 Å². The number of hydrogen-bond acceptors (Lipinski definition) is 2. The van der Waals surface area contributed by atoms with E-state index in [9.17, 15) is 0 Å². The normalized spacial score (nSPS) is 11.2. The SMILES string of the molecule is CC.Cc1cccc2c(-c3nnc4c5ccccc5c5ccccc5n34)cccc12. The lowest BCUT2D eigenvalue weighted by Crippen LogP contribution is -1.95. The fourth-order valence-electron chi connectivity index (χ4n) is 4.33. The van der Waals surface area contributed by atoms with Crippen LogP contribution in [-0.4, -0.2) is 14.6 Å². The third-order valence-electron chi connectivity index (χ3n) is 5.65. The molecule has 0 fully saturated rings. The van der Waals surface area contributed by atoms with Gasteiger partial charge in [0.05, 0.1) is 5.52 Å². The monoisotopic (exact) mass is 389 g/mol. The molecule has 2 heterocycles. The van der Waals surface area contributed by atoms with E-state index >= 15 is 0 Å². The molecule has 0 bridgehead atoms. The summed E-state index contributed by atoms with van der Waals surface area (Å²) in [6.07, 6.45) is 0. The van der Waals surface area contributed by atoms with Crippen molar-refractivity contribution in [2.45, 2.75) is 20.8 Å². The van der Waals surface area contributed by atoms with E-state index in [1.165, 1.54) is 27.1 Å². The molecule has 0 atom stereocenters. The smallest absolute Gasteiger partial charge is 0.169 e. The largest absolute Gasteiger partial charge is 0.274 e. The van der Waals surface area contributed by atoms with Crippen LogP contribution in [0.3, 0.4) is 0 Å². The van der Waals surface area contributed by atoms with E-state index in [0.717, 1.165) is 27.9 Å². The van der Waals surface area contributed by atoms with Crippen LogP contribution in [0.4, 0.5) is 0 Å². The Balaban J connectivity index is 0.000000937. The van der Waals surface area contributed by atoms with Gasteiger partial charge in [-0.3, -0.25) is 4.40 Å². The molecule has 0 aliphatic heterocycles. The number of nitrogens with zero attached hydrogens (tertiary/aromatic N) is 3. The van der Waals surface area contributed by atoms with Crippen LogP contribution in [0.2, 0.25) is 0 Å². The number of benzene rings is 4. The van der Waals surface area contributed by atoms with Gasteiger partial charge in [0.25, 0.3) is 0 Å². The number of aromatic nitrogens is 3. The second-order valence-corrected chi connectivity index (χ2v) is 7.22. The maximum absolute atomic E-state index is 4.66. The summed E-state index contributed by atoms with van der Waals surface area (Å²) in [5, 5.41) is 15.3. The molecule has 6 rings (SSSR count). The van der Waals surface area contributed by atoms with E-state index in [1.54, 1.807) is 0 Å². The summed E-state index contributed by atoms with van der Waals surface area (Å²) in [6.45, 7) is 6.15. The van der Waals surface area contributed by atoms with E-state index in [0.29, 0.717) is 0 Å². The highest BCUT2D eigenvalue weighted by Gasteiger charge is 2.17. The van der Waals surface area contributed by atoms with Crippen LogP contribution in [0.25, 0.3) is 49.5 Å². The first-order valence-electron chi connectivity index (χ1n) is 10.5. The quantitative estimate of drug-likeness (QED) is 0.279. The molecule has 0 radical (unpaired) electrons. The van der Waals surface area contributed by atoms with Crippen molar-refractivity contribution in [1.82, 2.24) is 14.6 Å². The van der Waals surface area contributed by atoms with E-state index in [-0.39, 0.29) is 0 Å². The number of hydrogen-bond donors (Lipinski definition) is 0. The summed E-state index contributed by atoms with van der Waals surface area (Å²) in [5.74, 6) is 0.883. The summed E-state index contributed by atoms with van der Waals surface area (Å²) in [6, 6.07) is 29.8. The molecule has 6 aromatic rings. The van der Waals surface area contributed by atoms with Gasteiger partial charge >= 0.3 is 0 Å². The molecule has 3 heteroatoms. The van der Waals surface area contributed by atoms with E-state index in [2.05, 4.69) is 106 Å². The molecular weight excluding hydrogens is 366 g/mol. The minimum absolute atomic E-state index is 0.883. The van der Waals surface area contributed by atoms with Gasteiger partial charge in [-0.2, -0.15) is 0 Å². The van der Waals surface area contributed by atoms with Crippen LogP contribution in [0.5, 0.6) is 0 Å². The lowest BCUT2D eigenvalue weighted by Gasteiger charge is -2.11. The van der Waals surface area contributed by atoms with Gasteiger partial charge in [-0.15, -0.1) is 10.2 Å². The van der Waals surface area contributed by atoms with Crippen LogP contribution >= 0.6 is 0 Å². The Labute approximate surface area is 175 Å². The summed E-state index contributed by atoms with van der Waals surface area (Å²) in [4.78, 5) is 0. The van der Waals surface area contributed by atoms with Crippen molar-refractivity contribution in [3.63, 3.8) is 0 Å². The highest BCUT2D eigenvalue weighted by molar-refractivity contribution is 6.12. The third kappa shape index (κ3) is 2.59. The second-order valence-electron chi connectivity index (χ2n) is 7.22. The van der Waals surface area contributed by atoms with Gasteiger partial charge < -0.3 is 0 Å². The zero-order valence-electron chi connectivity index (χ0n) is 17.4. The Morgan fingerprint density at radius 1 is 0.567 bits per heavy atom. The lowest BCUT2D eigenvalue weighted by atomic mass is 10.00. The molecule has 2 aromatic heterocycles. The topological polar surface area (TPSA) is 30.2 Å². The van der Waals surface area contributed by atoms with Crippen LogP contribution in [0.15, 0.2) is 84.9 Å². The number of aryl methyl sites for hydroxylation is 1. The molecule has 3 nitrogen and oxygen atoms in total. The highest BCUT2D eigenvalue weighted by Crippen LogP contribution is 2.34. The first kappa shape index (κ1) is 18.3. The van der Waals surface area contributed by atoms with Crippen LogP contribution in [0.1, 0.15) is 19.4 Å². The van der Waals surface area contributed by atoms with Crippen molar-refractivity contribution in [1.29, 1.82) is 0 Å². The molecule has 0 aliphatic rings. The van der Waals surface area contributed by atoms with E-state index in [1.807, 2.05) is 13.8 Å². The Hall–Kier alpha value is -3.72. The second kappa shape index (κ2) is 7.27. The maximum atomic E-state index is 4.66. The first-order chi connectivity index (χ1) is 14.8. The van der Waals surface area contributed by atoms with Gasteiger partial charge in [-0.25, -0.2) is 0 Å². The fourth-order valence-corrected chi connectivity index (χ4v) is 4.33. The molecule has 0 saturated heterocycles. The molecule has 0 unspecified atom stereocenters. The Morgan fingerprint density at radius 2 is 1.20 bits per heavy atom.